The molecule has 19 heavy (non-hydrogen) atoms. The minimum absolute atomic E-state index is 0.0841. The van der Waals surface area contributed by atoms with Crippen LogP contribution in [0.1, 0.15) is 25.3 Å². The van der Waals surface area contributed by atoms with Crippen molar-refractivity contribution in [1.82, 2.24) is 0 Å². The highest BCUT2D eigenvalue weighted by atomic mass is 32.2. The summed E-state index contributed by atoms with van der Waals surface area (Å²) in [6.45, 7) is 5.28. The summed E-state index contributed by atoms with van der Waals surface area (Å²) in [5, 5.41) is 0.562. The Kier molecular flexibility index (Phi) is 3.21. The van der Waals surface area contributed by atoms with E-state index in [2.05, 4.69) is 48.0 Å². The van der Waals surface area contributed by atoms with Crippen molar-refractivity contribution >= 4 is 23.4 Å². The van der Waals surface area contributed by atoms with Gasteiger partial charge in [-0.05, 0) is 43.2 Å². The van der Waals surface area contributed by atoms with Gasteiger partial charge in [0.25, 0.3) is 0 Å². The summed E-state index contributed by atoms with van der Waals surface area (Å²) in [6, 6.07) is 8.58. The lowest BCUT2D eigenvalue weighted by molar-refractivity contribution is 0.404. The fourth-order valence-corrected chi connectivity index (χ4v) is 4.51. The average molecular weight is 275 g/mol. The van der Waals surface area contributed by atoms with E-state index in [1.807, 2.05) is 11.8 Å². The monoisotopic (exact) mass is 275 g/mol. The topological polar surface area (TPSA) is 41.6 Å². The molecule has 1 spiro atoms. The molecule has 102 valence electrons. The van der Waals surface area contributed by atoms with Crippen LogP contribution in [0.5, 0.6) is 0 Å². The van der Waals surface area contributed by atoms with Crippen molar-refractivity contribution in [3.8, 4) is 0 Å². The van der Waals surface area contributed by atoms with Crippen molar-refractivity contribution in [1.29, 1.82) is 0 Å². The Hall–Kier alpha value is -1.16. The van der Waals surface area contributed by atoms with E-state index >= 15 is 0 Å². The first-order chi connectivity index (χ1) is 9.13. The highest BCUT2D eigenvalue weighted by Crippen LogP contribution is 2.43. The van der Waals surface area contributed by atoms with Crippen molar-refractivity contribution in [3.63, 3.8) is 0 Å². The maximum Gasteiger partial charge on any atom is 0.196 e. The van der Waals surface area contributed by atoms with Gasteiger partial charge in [0.2, 0.25) is 0 Å². The van der Waals surface area contributed by atoms with Crippen LogP contribution in [0.4, 0.5) is 5.69 Å². The second-order valence-electron chi connectivity index (χ2n) is 5.57. The molecule has 0 aromatic heterocycles. The molecule has 3 rings (SSSR count). The number of nitrogens with zero attached hydrogens (tertiary/aromatic N) is 2. The molecule has 2 aliphatic rings. The first kappa shape index (κ1) is 12.9. The Morgan fingerprint density at radius 3 is 3.05 bits per heavy atom. The van der Waals surface area contributed by atoms with Gasteiger partial charge >= 0.3 is 0 Å². The molecule has 2 aliphatic heterocycles. The van der Waals surface area contributed by atoms with Gasteiger partial charge in [0, 0.05) is 10.9 Å². The summed E-state index contributed by atoms with van der Waals surface area (Å²) in [4.78, 5) is 6.85. The molecule has 4 heteroatoms. The zero-order valence-electron chi connectivity index (χ0n) is 11.6. The van der Waals surface area contributed by atoms with E-state index in [1.54, 1.807) is 0 Å². The molecule has 2 heterocycles. The molecule has 2 unspecified atom stereocenters. The summed E-state index contributed by atoms with van der Waals surface area (Å²) in [6.07, 6.45) is 2.43. The predicted octanol–water partition coefficient (Wildman–Crippen LogP) is 2.78. The maximum absolute atomic E-state index is 6.20. The van der Waals surface area contributed by atoms with Crippen molar-refractivity contribution in [3.05, 3.63) is 29.8 Å². The fourth-order valence-electron chi connectivity index (χ4n) is 3.24. The largest absolute Gasteiger partial charge is 0.369 e. The van der Waals surface area contributed by atoms with E-state index in [-0.39, 0.29) is 5.54 Å². The molecule has 2 N–H and O–H groups in total. The van der Waals surface area contributed by atoms with Gasteiger partial charge in [0.1, 0.15) is 0 Å². The van der Waals surface area contributed by atoms with Crippen LogP contribution in [0, 0.1) is 6.92 Å². The smallest absolute Gasteiger partial charge is 0.196 e. The SMILES string of the molecule is Cc1cccc(N2C(N)=NCC23CCCSC3C)c1. The van der Waals surface area contributed by atoms with E-state index in [4.69, 9.17) is 5.73 Å². The van der Waals surface area contributed by atoms with E-state index in [1.165, 1.54) is 29.8 Å². The number of benzene rings is 1. The van der Waals surface area contributed by atoms with Gasteiger partial charge in [0.05, 0.1) is 12.1 Å². The highest BCUT2D eigenvalue weighted by Gasteiger charge is 2.48. The lowest BCUT2D eigenvalue weighted by Gasteiger charge is -2.46. The zero-order valence-corrected chi connectivity index (χ0v) is 12.4. The fraction of sp³-hybridized carbons (Fsp3) is 0.533. The van der Waals surface area contributed by atoms with Gasteiger partial charge in [-0.25, -0.2) is 0 Å². The number of thioether (sulfide) groups is 1. The van der Waals surface area contributed by atoms with Gasteiger partial charge < -0.3 is 10.6 Å². The van der Waals surface area contributed by atoms with Crippen LogP contribution in [0.15, 0.2) is 29.3 Å². The summed E-state index contributed by atoms with van der Waals surface area (Å²) in [5.74, 6) is 1.93. The van der Waals surface area contributed by atoms with Crippen molar-refractivity contribution < 1.29 is 0 Å². The number of rotatable bonds is 1. The number of hydrogen-bond acceptors (Lipinski definition) is 4. The minimum atomic E-state index is 0.0841. The molecule has 1 fully saturated rings. The van der Waals surface area contributed by atoms with Crippen molar-refractivity contribution in [2.45, 2.75) is 37.5 Å². The first-order valence-electron chi connectivity index (χ1n) is 6.92. The summed E-state index contributed by atoms with van der Waals surface area (Å²) in [5.41, 5.74) is 8.73. The molecular weight excluding hydrogens is 254 g/mol. The standard InChI is InChI=1S/C15H21N3S/c1-11-5-3-6-13(9-11)18-14(16)17-10-15(18)7-4-8-19-12(15)2/h3,5-6,9,12H,4,7-8,10H2,1-2H3,(H2,16,17). The number of guanidine groups is 1. The minimum Gasteiger partial charge on any atom is -0.369 e. The number of anilines is 1. The van der Waals surface area contributed by atoms with Crippen LogP contribution >= 0.6 is 11.8 Å². The molecule has 0 radical (unpaired) electrons. The molecule has 0 amide bonds. The Labute approximate surface area is 119 Å². The first-order valence-corrected chi connectivity index (χ1v) is 7.97. The number of hydrogen-bond donors (Lipinski definition) is 1. The third kappa shape index (κ3) is 2.02. The molecule has 1 saturated heterocycles. The average Bonchev–Trinajstić information content (AvgIpc) is 2.71. The van der Waals surface area contributed by atoms with Gasteiger partial charge in [-0.15, -0.1) is 0 Å². The maximum atomic E-state index is 6.20. The lowest BCUT2D eigenvalue weighted by atomic mass is 9.88. The second kappa shape index (κ2) is 4.75. The van der Waals surface area contributed by atoms with Crippen molar-refractivity contribution in [2.75, 3.05) is 17.2 Å². The van der Waals surface area contributed by atoms with Gasteiger partial charge in [0.15, 0.2) is 5.96 Å². The van der Waals surface area contributed by atoms with E-state index in [0.29, 0.717) is 11.2 Å². The van der Waals surface area contributed by atoms with Crippen LogP contribution in [-0.4, -0.2) is 29.0 Å². The Balaban J connectivity index is 2.03. The van der Waals surface area contributed by atoms with E-state index in [0.717, 1.165) is 6.54 Å². The predicted molar refractivity (Wildman–Crippen MR) is 84.0 cm³/mol. The molecule has 1 aromatic rings. The number of aryl methyl sites for hydroxylation is 1. The highest BCUT2D eigenvalue weighted by molar-refractivity contribution is 8.00. The molecule has 2 atom stereocenters. The van der Waals surface area contributed by atoms with Crippen LogP contribution < -0.4 is 10.6 Å². The summed E-state index contributed by atoms with van der Waals surface area (Å²) >= 11 is 2.05. The third-order valence-electron chi connectivity index (χ3n) is 4.33. The summed E-state index contributed by atoms with van der Waals surface area (Å²) < 4.78 is 0. The molecule has 0 saturated carbocycles. The summed E-state index contributed by atoms with van der Waals surface area (Å²) in [7, 11) is 0. The Bertz CT molecular complexity index is 514. The molecule has 3 nitrogen and oxygen atoms in total. The van der Waals surface area contributed by atoms with E-state index in [9.17, 15) is 0 Å². The number of nitrogens with two attached hydrogens (primary N) is 1. The van der Waals surface area contributed by atoms with Crippen molar-refractivity contribution in [2.24, 2.45) is 10.7 Å². The zero-order chi connectivity index (χ0) is 13.5. The van der Waals surface area contributed by atoms with E-state index < -0.39 is 0 Å². The van der Waals surface area contributed by atoms with Gasteiger partial charge in [-0.1, -0.05) is 19.1 Å². The van der Waals surface area contributed by atoms with Crippen LogP contribution in [0.2, 0.25) is 0 Å². The second-order valence-corrected chi connectivity index (χ2v) is 7.02. The van der Waals surface area contributed by atoms with Gasteiger partial charge in [-0.3, -0.25) is 4.99 Å². The lowest BCUT2D eigenvalue weighted by Crippen LogP contribution is -2.58. The van der Waals surface area contributed by atoms with Crippen LogP contribution in [-0.2, 0) is 0 Å². The normalized spacial score (nSPS) is 30.7. The number of aliphatic imine (C=N–C) groups is 1. The Morgan fingerprint density at radius 2 is 2.32 bits per heavy atom. The quantitative estimate of drug-likeness (QED) is 0.857. The molecule has 0 aliphatic carbocycles. The van der Waals surface area contributed by atoms with Crippen LogP contribution in [0.25, 0.3) is 0 Å². The third-order valence-corrected chi connectivity index (χ3v) is 5.79. The molecule has 1 aromatic carbocycles. The van der Waals surface area contributed by atoms with Crippen LogP contribution in [0.3, 0.4) is 0 Å². The molecular formula is C15H21N3S. The Morgan fingerprint density at radius 1 is 1.47 bits per heavy atom. The molecule has 0 bridgehead atoms. The van der Waals surface area contributed by atoms with Gasteiger partial charge in [-0.2, -0.15) is 11.8 Å².